The molecule has 0 spiro atoms. The Balaban J connectivity index is 2.26. The van der Waals surface area contributed by atoms with Crippen LogP contribution in [-0.4, -0.2) is 28.5 Å². The summed E-state index contributed by atoms with van der Waals surface area (Å²) in [4.78, 5) is 12.9. The third-order valence-electron chi connectivity index (χ3n) is 4.32. The first kappa shape index (κ1) is 15.5. The Morgan fingerprint density at radius 1 is 1.52 bits per heavy atom. The summed E-state index contributed by atoms with van der Waals surface area (Å²) in [5.74, 6) is 0.567. The van der Waals surface area contributed by atoms with Crippen molar-refractivity contribution in [2.24, 2.45) is 5.92 Å². The number of hydrogen-bond acceptors (Lipinski definition) is 4. The summed E-state index contributed by atoms with van der Waals surface area (Å²) in [6, 6.07) is 9.10. The van der Waals surface area contributed by atoms with Crippen molar-refractivity contribution in [3.05, 3.63) is 39.9 Å². The quantitative estimate of drug-likeness (QED) is 0.630. The molecule has 0 aromatic heterocycles. The van der Waals surface area contributed by atoms with Gasteiger partial charge in [-0.1, -0.05) is 25.1 Å². The Labute approximate surface area is 125 Å². The molecule has 1 aromatic rings. The Morgan fingerprint density at radius 3 is 2.86 bits per heavy atom. The van der Waals surface area contributed by atoms with E-state index in [2.05, 4.69) is 17.9 Å². The van der Waals surface area contributed by atoms with Crippen LogP contribution in [0.5, 0.6) is 0 Å². The minimum Gasteiger partial charge on any atom is -0.285 e. The molecule has 1 heterocycles. The van der Waals surface area contributed by atoms with Gasteiger partial charge in [0.1, 0.15) is 5.54 Å². The number of benzene rings is 1. The number of likely N-dealkylation sites (tertiary alicyclic amines) is 1. The molecule has 1 saturated heterocycles. The third-order valence-corrected chi connectivity index (χ3v) is 4.32. The van der Waals surface area contributed by atoms with E-state index in [1.807, 2.05) is 6.92 Å². The van der Waals surface area contributed by atoms with Crippen LogP contribution in [0.2, 0.25) is 0 Å². The number of nitriles is 1. The lowest BCUT2D eigenvalue weighted by molar-refractivity contribution is -0.385. The normalized spacial score (nSPS) is 22.2. The highest BCUT2D eigenvalue weighted by molar-refractivity contribution is 5.41. The zero-order valence-corrected chi connectivity index (χ0v) is 12.6. The van der Waals surface area contributed by atoms with E-state index in [0.717, 1.165) is 19.5 Å². The molecular weight excluding hydrogens is 266 g/mol. The van der Waals surface area contributed by atoms with Crippen LogP contribution >= 0.6 is 0 Å². The van der Waals surface area contributed by atoms with Crippen LogP contribution in [0, 0.1) is 27.4 Å². The van der Waals surface area contributed by atoms with Crippen LogP contribution in [-0.2, 0) is 6.42 Å². The summed E-state index contributed by atoms with van der Waals surface area (Å²) in [7, 11) is 0. The van der Waals surface area contributed by atoms with E-state index in [-0.39, 0.29) is 10.6 Å². The first-order valence-corrected chi connectivity index (χ1v) is 7.35. The van der Waals surface area contributed by atoms with E-state index < -0.39 is 5.54 Å². The summed E-state index contributed by atoms with van der Waals surface area (Å²) in [5, 5.41) is 20.8. The molecule has 2 atom stereocenters. The van der Waals surface area contributed by atoms with Crippen LogP contribution in [0.4, 0.5) is 5.69 Å². The number of nitro groups is 1. The average molecular weight is 287 g/mol. The molecule has 0 radical (unpaired) electrons. The molecule has 2 unspecified atom stereocenters. The van der Waals surface area contributed by atoms with E-state index in [4.69, 9.17) is 0 Å². The molecule has 1 aromatic carbocycles. The van der Waals surface area contributed by atoms with E-state index in [9.17, 15) is 15.4 Å². The maximum atomic E-state index is 11.1. The van der Waals surface area contributed by atoms with Crippen LogP contribution in [0.3, 0.4) is 0 Å². The molecular formula is C16H21N3O2. The fourth-order valence-corrected chi connectivity index (χ4v) is 3.07. The van der Waals surface area contributed by atoms with Crippen molar-refractivity contribution in [1.29, 1.82) is 5.26 Å². The molecule has 0 saturated carbocycles. The van der Waals surface area contributed by atoms with Crippen LogP contribution in [0.1, 0.15) is 32.3 Å². The number of hydrogen-bond donors (Lipinski definition) is 0. The Hall–Kier alpha value is -1.93. The van der Waals surface area contributed by atoms with E-state index >= 15 is 0 Å². The van der Waals surface area contributed by atoms with E-state index in [1.165, 1.54) is 12.5 Å². The number of para-hydroxylation sites is 1. The Kier molecular flexibility index (Phi) is 4.59. The fraction of sp³-hybridized carbons (Fsp3) is 0.562. The van der Waals surface area contributed by atoms with Gasteiger partial charge < -0.3 is 0 Å². The third kappa shape index (κ3) is 3.40. The summed E-state index contributed by atoms with van der Waals surface area (Å²) >= 11 is 0. The van der Waals surface area contributed by atoms with E-state index in [1.54, 1.807) is 18.2 Å². The highest BCUT2D eigenvalue weighted by atomic mass is 16.6. The standard InChI is InChI=1S/C16H21N3O2/c1-13-6-5-9-18(11-13)16(2,12-17)10-14-7-3-4-8-15(14)19(20)21/h3-4,7-8,13H,5-6,9-11H2,1-2H3. The first-order valence-electron chi connectivity index (χ1n) is 7.35. The second-order valence-corrected chi connectivity index (χ2v) is 6.14. The maximum absolute atomic E-state index is 11.1. The van der Waals surface area contributed by atoms with Gasteiger partial charge in [-0.05, 0) is 32.2 Å². The lowest BCUT2D eigenvalue weighted by atomic mass is 9.88. The summed E-state index contributed by atoms with van der Waals surface area (Å²) in [5.41, 5.74) is 0.0367. The van der Waals surface area contributed by atoms with Gasteiger partial charge in [0.05, 0.1) is 11.0 Å². The first-order chi connectivity index (χ1) is 9.96. The highest BCUT2D eigenvalue weighted by Crippen LogP contribution is 2.29. The summed E-state index contributed by atoms with van der Waals surface area (Å²) < 4.78 is 0. The van der Waals surface area contributed by atoms with Gasteiger partial charge >= 0.3 is 0 Å². The van der Waals surface area contributed by atoms with Crippen molar-refractivity contribution in [1.82, 2.24) is 4.90 Å². The zero-order chi connectivity index (χ0) is 15.5. The van der Waals surface area contributed by atoms with Crippen molar-refractivity contribution in [2.75, 3.05) is 13.1 Å². The molecule has 5 nitrogen and oxygen atoms in total. The van der Waals surface area contributed by atoms with Gasteiger partial charge in [0.25, 0.3) is 5.69 Å². The monoisotopic (exact) mass is 287 g/mol. The van der Waals surface area contributed by atoms with Gasteiger partial charge in [-0.3, -0.25) is 15.0 Å². The predicted octanol–water partition coefficient (Wildman–Crippen LogP) is 3.15. The smallest absolute Gasteiger partial charge is 0.272 e. The second-order valence-electron chi connectivity index (χ2n) is 6.14. The molecule has 5 heteroatoms. The number of nitro benzene ring substituents is 1. The van der Waals surface area contributed by atoms with Gasteiger partial charge in [0.15, 0.2) is 0 Å². The summed E-state index contributed by atoms with van der Waals surface area (Å²) in [6.07, 6.45) is 2.65. The molecule has 1 aliphatic rings. The molecule has 112 valence electrons. The highest BCUT2D eigenvalue weighted by Gasteiger charge is 2.36. The zero-order valence-electron chi connectivity index (χ0n) is 12.6. The molecule has 0 N–H and O–H groups in total. The Bertz CT molecular complexity index is 567. The van der Waals surface area contributed by atoms with Crippen LogP contribution in [0.15, 0.2) is 24.3 Å². The minimum atomic E-state index is -0.694. The van der Waals surface area contributed by atoms with Crippen molar-refractivity contribution in [3.63, 3.8) is 0 Å². The Morgan fingerprint density at radius 2 is 2.24 bits per heavy atom. The van der Waals surface area contributed by atoms with Crippen molar-refractivity contribution in [3.8, 4) is 6.07 Å². The number of rotatable bonds is 4. The topological polar surface area (TPSA) is 70.2 Å². The number of piperidine rings is 1. The van der Waals surface area contributed by atoms with Gasteiger partial charge in [-0.25, -0.2) is 0 Å². The van der Waals surface area contributed by atoms with Crippen molar-refractivity contribution in [2.45, 2.75) is 38.6 Å². The molecule has 1 aliphatic heterocycles. The van der Waals surface area contributed by atoms with Crippen LogP contribution in [0.25, 0.3) is 0 Å². The van der Waals surface area contributed by atoms with Crippen molar-refractivity contribution < 1.29 is 4.92 Å². The molecule has 0 aliphatic carbocycles. The SMILES string of the molecule is CC1CCCN(C(C)(C#N)Cc2ccccc2[N+](=O)[O-])C1. The fourth-order valence-electron chi connectivity index (χ4n) is 3.07. The van der Waals surface area contributed by atoms with Gasteiger partial charge in [0.2, 0.25) is 0 Å². The predicted molar refractivity (Wildman–Crippen MR) is 80.8 cm³/mol. The molecule has 0 amide bonds. The van der Waals surface area contributed by atoms with Gasteiger partial charge in [-0.2, -0.15) is 5.26 Å². The van der Waals surface area contributed by atoms with Crippen molar-refractivity contribution >= 4 is 5.69 Å². The van der Waals surface area contributed by atoms with Gasteiger partial charge in [-0.15, -0.1) is 0 Å². The molecule has 2 rings (SSSR count). The minimum absolute atomic E-state index is 0.101. The lowest BCUT2D eigenvalue weighted by Crippen LogP contribution is -2.51. The van der Waals surface area contributed by atoms with E-state index in [0.29, 0.717) is 17.9 Å². The lowest BCUT2D eigenvalue weighted by Gasteiger charge is -2.40. The molecule has 0 bridgehead atoms. The molecule has 1 fully saturated rings. The summed E-state index contributed by atoms with van der Waals surface area (Å²) in [6.45, 7) is 5.84. The largest absolute Gasteiger partial charge is 0.285 e. The maximum Gasteiger partial charge on any atom is 0.272 e. The second kappa shape index (κ2) is 6.23. The van der Waals surface area contributed by atoms with Crippen LogP contribution < -0.4 is 0 Å². The number of nitrogens with zero attached hydrogens (tertiary/aromatic N) is 3. The average Bonchev–Trinajstić information content (AvgIpc) is 2.47. The van der Waals surface area contributed by atoms with Gasteiger partial charge in [0, 0.05) is 24.6 Å². The molecule has 21 heavy (non-hydrogen) atoms.